The maximum Gasteiger partial charge on any atom is 0.149 e. The molecule has 126 valence electrons. The average Bonchev–Trinajstić information content (AvgIpc) is 2.58. The number of nitrogens with one attached hydrogen (secondary N) is 1. The van der Waals surface area contributed by atoms with E-state index in [1.54, 1.807) is 12.1 Å². The highest BCUT2D eigenvalue weighted by atomic mass is 35.5. The zero-order chi connectivity index (χ0) is 18.0. The van der Waals surface area contributed by atoms with E-state index in [1.165, 1.54) is 0 Å². The highest BCUT2D eigenvalue weighted by Gasteiger charge is 2.11. The zero-order valence-electron chi connectivity index (χ0n) is 13.6. The third kappa shape index (κ3) is 3.73. The summed E-state index contributed by atoms with van der Waals surface area (Å²) < 4.78 is 0. The number of benzene rings is 2. The molecule has 0 saturated carbocycles. The van der Waals surface area contributed by atoms with E-state index < -0.39 is 0 Å². The van der Waals surface area contributed by atoms with E-state index in [2.05, 4.69) is 10.3 Å². The first-order valence-electron chi connectivity index (χ1n) is 7.64. The van der Waals surface area contributed by atoms with Crippen LogP contribution in [0, 0.1) is 6.92 Å². The van der Waals surface area contributed by atoms with Crippen LogP contribution < -0.4 is 16.8 Å². The molecule has 0 aliphatic heterocycles. The van der Waals surface area contributed by atoms with Crippen LogP contribution >= 0.6 is 23.8 Å². The number of halogens is 1. The molecule has 2 aromatic carbocycles. The van der Waals surface area contributed by atoms with Crippen LogP contribution in [-0.4, -0.2) is 9.85 Å². The molecule has 0 radical (unpaired) electrons. The molecule has 3 rings (SSSR count). The molecule has 1 aromatic heterocycles. The van der Waals surface area contributed by atoms with E-state index in [4.69, 9.17) is 35.3 Å². The summed E-state index contributed by atoms with van der Waals surface area (Å²) >= 11 is 12.1. The highest BCUT2D eigenvalue weighted by Crippen LogP contribution is 2.27. The van der Waals surface area contributed by atoms with E-state index in [-0.39, 0.29) is 5.82 Å². The normalized spacial score (nSPS) is 10.5. The van der Waals surface area contributed by atoms with Crippen molar-refractivity contribution in [3.8, 4) is 0 Å². The third-order valence-electron chi connectivity index (χ3n) is 3.83. The lowest BCUT2D eigenvalue weighted by atomic mass is 10.00. The van der Waals surface area contributed by atoms with E-state index in [9.17, 15) is 0 Å². The van der Waals surface area contributed by atoms with Gasteiger partial charge in [-0.25, -0.2) is 4.98 Å². The summed E-state index contributed by atoms with van der Waals surface area (Å²) in [6.45, 7) is 2.03. The van der Waals surface area contributed by atoms with Crippen molar-refractivity contribution in [3.05, 3.63) is 76.3 Å². The van der Waals surface area contributed by atoms with Crippen molar-refractivity contribution in [2.45, 2.75) is 6.92 Å². The predicted molar refractivity (Wildman–Crippen MR) is 110 cm³/mol. The molecule has 5 N–H and O–H groups in total. The minimum absolute atomic E-state index is 0.286. The van der Waals surface area contributed by atoms with Gasteiger partial charge in [0.1, 0.15) is 11.6 Å². The van der Waals surface area contributed by atoms with Gasteiger partial charge in [-0.3, -0.25) is 0 Å². The molecule has 0 fully saturated rings. The maximum absolute atomic E-state index is 6.46. The molecule has 0 aliphatic rings. The molecule has 4 nitrogen and oxygen atoms in total. The first-order valence-corrected chi connectivity index (χ1v) is 8.43. The van der Waals surface area contributed by atoms with Gasteiger partial charge < -0.3 is 16.8 Å². The van der Waals surface area contributed by atoms with Gasteiger partial charge >= 0.3 is 0 Å². The first kappa shape index (κ1) is 17.2. The van der Waals surface area contributed by atoms with E-state index in [0.29, 0.717) is 16.5 Å². The summed E-state index contributed by atoms with van der Waals surface area (Å²) in [7, 11) is 0. The Bertz CT molecular complexity index is 956. The van der Waals surface area contributed by atoms with E-state index in [0.717, 1.165) is 27.2 Å². The van der Waals surface area contributed by atoms with Crippen LogP contribution in [0.4, 0.5) is 23.0 Å². The Balaban J connectivity index is 1.87. The van der Waals surface area contributed by atoms with Gasteiger partial charge in [0.25, 0.3) is 0 Å². The summed E-state index contributed by atoms with van der Waals surface area (Å²) in [5.41, 5.74) is 15.6. The molecule has 0 spiro atoms. The Morgan fingerprint density at radius 3 is 2.48 bits per heavy atom. The average molecular weight is 369 g/mol. The number of hydrogen-bond acceptors (Lipinski definition) is 5. The molecule has 0 unspecified atom stereocenters. The lowest BCUT2D eigenvalue weighted by molar-refractivity contribution is 1.32. The van der Waals surface area contributed by atoms with Crippen LogP contribution in [-0.2, 0) is 0 Å². The Labute approximate surface area is 156 Å². The fourth-order valence-electron chi connectivity index (χ4n) is 2.45. The van der Waals surface area contributed by atoms with Gasteiger partial charge in [-0.15, -0.1) is 0 Å². The largest absolute Gasteiger partial charge is 0.396 e. The Morgan fingerprint density at radius 2 is 1.80 bits per heavy atom. The summed E-state index contributed by atoms with van der Waals surface area (Å²) in [4.78, 5) is 4.91. The van der Waals surface area contributed by atoms with Crippen molar-refractivity contribution in [3.63, 3.8) is 0 Å². The summed E-state index contributed by atoms with van der Waals surface area (Å²) in [5, 5.41) is 3.73. The Morgan fingerprint density at radius 1 is 1.04 bits per heavy atom. The summed E-state index contributed by atoms with van der Waals surface area (Å²) in [5.74, 6) is 0.880. The van der Waals surface area contributed by atoms with Crippen molar-refractivity contribution in [1.29, 1.82) is 0 Å². The number of nitrogens with two attached hydrogens (primary N) is 2. The highest BCUT2D eigenvalue weighted by molar-refractivity contribution is 7.81. The van der Waals surface area contributed by atoms with Gasteiger partial charge in [0.05, 0.1) is 15.6 Å². The summed E-state index contributed by atoms with van der Waals surface area (Å²) in [6.07, 6.45) is 0. The molecule has 3 aromatic rings. The number of anilines is 4. The van der Waals surface area contributed by atoms with Crippen LogP contribution in [0.25, 0.3) is 0 Å². The number of rotatable bonds is 4. The standard InChI is InChI=1S/C19H17ClN4S/c1-11-4-2-3-5-13(11)18(25)14-7-6-12(10-15(14)20)23-17-9-8-16(21)19(22)24-17/h2-10H,21H2,1H3,(H3,22,23,24). The minimum Gasteiger partial charge on any atom is -0.396 e. The second kappa shape index (κ2) is 7.09. The number of thiocarbonyl (C=S) groups is 1. The fourth-order valence-corrected chi connectivity index (χ4v) is 3.19. The molecular weight excluding hydrogens is 352 g/mol. The second-order valence-electron chi connectivity index (χ2n) is 5.63. The van der Waals surface area contributed by atoms with E-state index in [1.807, 2.05) is 49.4 Å². The van der Waals surface area contributed by atoms with Crippen molar-refractivity contribution in [1.82, 2.24) is 4.98 Å². The quantitative estimate of drug-likeness (QED) is 0.459. The molecule has 1 heterocycles. The molecular formula is C19H17ClN4S. The number of aromatic nitrogens is 1. The molecule has 0 aliphatic carbocycles. The van der Waals surface area contributed by atoms with Crippen molar-refractivity contribution in [2.75, 3.05) is 16.8 Å². The fraction of sp³-hybridized carbons (Fsp3) is 0.0526. The smallest absolute Gasteiger partial charge is 0.149 e. The SMILES string of the molecule is Cc1ccccc1C(=S)c1ccc(Nc2ccc(N)c(N)n2)cc1Cl. The predicted octanol–water partition coefficient (Wildman–Crippen LogP) is 4.72. The van der Waals surface area contributed by atoms with Crippen LogP contribution in [0.2, 0.25) is 5.02 Å². The second-order valence-corrected chi connectivity index (χ2v) is 6.45. The lowest BCUT2D eigenvalue weighted by Crippen LogP contribution is -2.04. The Hall–Kier alpha value is -2.63. The first-order chi connectivity index (χ1) is 12.0. The summed E-state index contributed by atoms with van der Waals surface area (Å²) in [6, 6.07) is 17.1. The van der Waals surface area contributed by atoms with Crippen molar-refractivity contribution in [2.24, 2.45) is 0 Å². The van der Waals surface area contributed by atoms with Gasteiger partial charge in [-0.1, -0.05) is 48.1 Å². The van der Waals surface area contributed by atoms with Crippen LogP contribution in [0.1, 0.15) is 16.7 Å². The minimum atomic E-state index is 0.286. The van der Waals surface area contributed by atoms with Crippen LogP contribution in [0.3, 0.4) is 0 Å². The van der Waals surface area contributed by atoms with Gasteiger partial charge in [0, 0.05) is 11.3 Å². The molecule has 0 saturated heterocycles. The number of aryl methyl sites for hydroxylation is 1. The van der Waals surface area contributed by atoms with Crippen molar-refractivity contribution >= 4 is 51.7 Å². The zero-order valence-corrected chi connectivity index (χ0v) is 15.2. The Kier molecular flexibility index (Phi) is 4.88. The van der Waals surface area contributed by atoms with Gasteiger partial charge in [-0.05, 0) is 48.4 Å². The topological polar surface area (TPSA) is 77.0 Å². The number of pyridine rings is 1. The van der Waals surface area contributed by atoms with Gasteiger partial charge in [-0.2, -0.15) is 0 Å². The molecule has 6 heteroatoms. The monoisotopic (exact) mass is 368 g/mol. The van der Waals surface area contributed by atoms with Crippen LogP contribution in [0.5, 0.6) is 0 Å². The third-order valence-corrected chi connectivity index (χ3v) is 4.59. The lowest BCUT2D eigenvalue weighted by Gasteiger charge is -2.12. The van der Waals surface area contributed by atoms with Crippen molar-refractivity contribution < 1.29 is 0 Å². The number of nitrogen functional groups attached to an aromatic ring is 2. The molecule has 0 bridgehead atoms. The van der Waals surface area contributed by atoms with Gasteiger partial charge in [0.2, 0.25) is 0 Å². The number of hydrogen-bond donors (Lipinski definition) is 3. The molecule has 25 heavy (non-hydrogen) atoms. The van der Waals surface area contributed by atoms with Gasteiger partial charge in [0.15, 0.2) is 0 Å². The van der Waals surface area contributed by atoms with E-state index >= 15 is 0 Å². The molecule has 0 atom stereocenters. The maximum atomic E-state index is 6.46. The van der Waals surface area contributed by atoms with Crippen LogP contribution in [0.15, 0.2) is 54.6 Å². The molecule has 0 amide bonds. The number of nitrogens with zero attached hydrogens (tertiary/aromatic N) is 1.